The van der Waals surface area contributed by atoms with E-state index in [1.807, 2.05) is 0 Å². The summed E-state index contributed by atoms with van der Waals surface area (Å²) < 4.78 is 49.9. The van der Waals surface area contributed by atoms with E-state index in [0.717, 1.165) is 5.01 Å². The van der Waals surface area contributed by atoms with E-state index in [2.05, 4.69) is 5.32 Å². The van der Waals surface area contributed by atoms with E-state index < -0.39 is 42.1 Å². The van der Waals surface area contributed by atoms with Gasteiger partial charge in [0.15, 0.2) is 5.28 Å². The molecule has 13 heteroatoms. The predicted octanol–water partition coefficient (Wildman–Crippen LogP) is -0.768. The van der Waals surface area contributed by atoms with Gasteiger partial charge in [0.2, 0.25) is 0 Å². The Morgan fingerprint density at radius 1 is 1.42 bits per heavy atom. The topological polar surface area (TPSA) is 168 Å². The molecule has 5 N–H and O–H groups in total. The van der Waals surface area contributed by atoms with Crippen LogP contribution in [-0.4, -0.2) is 47.8 Å². The third kappa shape index (κ3) is 4.80. The number of hydrogen-bond donors (Lipinski definition) is 4. The molecule has 26 heavy (non-hydrogen) atoms. The molecule has 1 unspecified atom stereocenters. The number of carbonyl (C=O) groups is 2. The van der Waals surface area contributed by atoms with Crippen molar-refractivity contribution in [3.05, 3.63) is 35.9 Å². The summed E-state index contributed by atoms with van der Waals surface area (Å²) in [5, 5.41) is 0.744. The van der Waals surface area contributed by atoms with Gasteiger partial charge in [-0.15, -0.1) is 0 Å². The summed E-state index contributed by atoms with van der Waals surface area (Å²) in [6.07, 6.45) is -1.15. The molecular formula is C13H19N4O7PS. The number of hydrazine groups is 1. The summed E-state index contributed by atoms with van der Waals surface area (Å²) in [7, 11) is -6.78. The lowest BCUT2D eigenvalue weighted by Crippen LogP contribution is -2.71. The van der Waals surface area contributed by atoms with Crippen molar-refractivity contribution in [2.45, 2.75) is 24.3 Å². The largest absolute Gasteiger partial charge is 0.445 e. The lowest BCUT2D eigenvalue weighted by Gasteiger charge is -2.42. The van der Waals surface area contributed by atoms with Gasteiger partial charge in [-0.05, 0) is 12.0 Å². The number of benzene rings is 1. The van der Waals surface area contributed by atoms with Crippen molar-refractivity contribution in [2.24, 2.45) is 5.84 Å². The van der Waals surface area contributed by atoms with Gasteiger partial charge in [-0.3, -0.25) is 19.7 Å². The summed E-state index contributed by atoms with van der Waals surface area (Å²) in [5.41, 5.74) is 0.675. The molecule has 11 nitrogen and oxygen atoms in total. The van der Waals surface area contributed by atoms with Crippen LogP contribution in [0.5, 0.6) is 0 Å². The monoisotopic (exact) mass is 406 g/mol. The van der Waals surface area contributed by atoms with Crippen LogP contribution in [0, 0.1) is 0 Å². The number of ether oxygens (including phenoxy) is 1. The van der Waals surface area contributed by atoms with E-state index in [1.54, 1.807) is 35.1 Å². The highest BCUT2D eigenvalue weighted by Gasteiger charge is 2.53. The van der Waals surface area contributed by atoms with Crippen LogP contribution in [0.15, 0.2) is 30.3 Å². The van der Waals surface area contributed by atoms with Crippen LogP contribution < -0.4 is 15.9 Å². The number of nitrogens with zero attached hydrogens (tertiary/aromatic N) is 1. The Morgan fingerprint density at radius 2 is 2.08 bits per heavy atom. The first-order chi connectivity index (χ1) is 12.2. The van der Waals surface area contributed by atoms with Crippen LogP contribution in [0.25, 0.3) is 0 Å². The van der Waals surface area contributed by atoms with Crippen molar-refractivity contribution in [3.8, 4) is 0 Å². The summed E-state index contributed by atoms with van der Waals surface area (Å²) >= 11 is 0. The second-order valence-electron chi connectivity index (χ2n) is 5.61. The zero-order valence-corrected chi connectivity index (χ0v) is 15.5. The predicted molar refractivity (Wildman–Crippen MR) is 91.9 cm³/mol. The van der Waals surface area contributed by atoms with Crippen LogP contribution in [-0.2, 0) is 31.0 Å². The lowest BCUT2D eigenvalue weighted by atomic mass is 9.99. The third-order valence-corrected chi connectivity index (χ3v) is 5.57. The number of alkyl carbamates (subject to hydrolysis) is 1. The SMILES string of the molecule is NN1CC[C@@H](NS(=O)(=O)O)[C@](NC(=O)OCc2ccccc2)([PH2]=O)C1=O. The molecule has 0 radical (unpaired) electrons. The second kappa shape index (κ2) is 8.14. The van der Waals surface area contributed by atoms with Crippen molar-refractivity contribution >= 4 is 30.8 Å². The van der Waals surface area contributed by atoms with Gasteiger partial charge >= 0.3 is 16.4 Å². The minimum Gasteiger partial charge on any atom is -0.445 e. The quantitative estimate of drug-likeness (QED) is 0.207. The fraction of sp³-hybridized carbons (Fsp3) is 0.385. The first-order valence-electron chi connectivity index (χ1n) is 7.44. The number of carbonyl (C=O) groups excluding carboxylic acids is 2. The van der Waals surface area contributed by atoms with Gasteiger partial charge in [-0.1, -0.05) is 30.3 Å². The molecule has 1 heterocycles. The number of amides is 2. The summed E-state index contributed by atoms with van der Waals surface area (Å²) in [4.78, 5) is 24.5. The molecule has 0 aliphatic carbocycles. The Morgan fingerprint density at radius 3 is 2.65 bits per heavy atom. The van der Waals surface area contributed by atoms with Crippen molar-refractivity contribution in [3.63, 3.8) is 0 Å². The van der Waals surface area contributed by atoms with Gasteiger partial charge in [0.1, 0.15) is 6.61 Å². The van der Waals surface area contributed by atoms with E-state index in [1.165, 1.54) is 0 Å². The van der Waals surface area contributed by atoms with Gasteiger partial charge in [-0.2, -0.15) is 13.1 Å². The number of nitrogens with two attached hydrogens (primary N) is 1. The van der Waals surface area contributed by atoms with E-state index in [4.69, 9.17) is 15.1 Å². The van der Waals surface area contributed by atoms with E-state index in [-0.39, 0.29) is 19.6 Å². The Kier molecular flexibility index (Phi) is 6.37. The van der Waals surface area contributed by atoms with Gasteiger partial charge in [0.25, 0.3) is 5.91 Å². The van der Waals surface area contributed by atoms with Crippen molar-refractivity contribution in [1.29, 1.82) is 0 Å². The smallest absolute Gasteiger partial charge is 0.408 e. The summed E-state index contributed by atoms with van der Waals surface area (Å²) in [6.45, 7) is -0.179. The van der Waals surface area contributed by atoms with Gasteiger partial charge in [-0.25, -0.2) is 10.6 Å². The maximum atomic E-state index is 12.4. The fourth-order valence-electron chi connectivity index (χ4n) is 2.55. The first kappa shape index (κ1) is 20.3. The number of piperidine rings is 1. The Bertz CT molecular complexity index is 791. The number of rotatable bonds is 6. The second-order valence-corrected chi connectivity index (χ2v) is 7.94. The van der Waals surface area contributed by atoms with Crippen LogP contribution in [0.2, 0.25) is 0 Å². The highest BCUT2D eigenvalue weighted by molar-refractivity contribution is 7.83. The molecule has 1 aliphatic rings. The average molecular weight is 406 g/mol. The molecule has 0 saturated carbocycles. The standard InChI is InChI=1S/C13H19N4O7PS/c14-17-7-6-10(16-26(21,22)23)13(25-20,11(17)18)15-12(19)24-8-9-4-2-1-3-5-9/h1-5,10,16H,6-8,14,25H2,(H,15,19)(H,21,22,23)/t10-,13+/m1/s1. The number of hydrogen-bond acceptors (Lipinski definition) is 7. The van der Waals surface area contributed by atoms with Gasteiger partial charge in [0, 0.05) is 6.54 Å². The molecule has 0 spiro atoms. The average Bonchev–Trinajstić information content (AvgIpc) is 2.59. The maximum absolute atomic E-state index is 12.4. The van der Waals surface area contributed by atoms with E-state index in [9.17, 15) is 22.6 Å². The van der Waals surface area contributed by atoms with Gasteiger partial charge < -0.3 is 9.30 Å². The van der Waals surface area contributed by atoms with Crippen LogP contribution in [0.3, 0.4) is 0 Å². The number of nitrogens with one attached hydrogen (secondary N) is 2. The van der Waals surface area contributed by atoms with Crippen molar-refractivity contribution in [2.75, 3.05) is 6.54 Å². The molecular weight excluding hydrogens is 387 g/mol. The lowest BCUT2D eigenvalue weighted by molar-refractivity contribution is -0.138. The maximum Gasteiger partial charge on any atom is 0.408 e. The molecule has 0 bridgehead atoms. The Hall–Kier alpha value is -1.98. The highest BCUT2D eigenvalue weighted by atomic mass is 32.2. The molecule has 1 fully saturated rings. The molecule has 2 amide bonds. The van der Waals surface area contributed by atoms with Crippen LogP contribution in [0.4, 0.5) is 4.79 Å². The first-order valence-corrected chi connectivity index (χ1v) is 9.93. The van der Waals surface area contributed by atoms with Crippen LogP contribution >= 0.6 is 8.46 Å². The zero-order valence-electron chi connectivity index (χ0n) is 13.5. The minimum atomic E-state index is -4.72. The molecule has 2 rings (SSSR count). The molecule has 1 aliphatic heterocycles. The minimum absolute atomic E-state index is 0.0616. The molecule has 1 aromatic rings. The van der Waals surface area contributed by atoms with Crippen LogP contribution in [0.1, 0.15) is 12.0 Å². The summed E-state index contributed by atoms with van der Waals surface area (Å²) in [6, 6.07) is 7.32. The molecule has 144 valence electrons. The zero-order chi connectivity index (χ0) is 19.4. The fourth-order valence-corrected chi connectivity index (χ4v) is 4.19. The Labute approximate surface area is 150 Å². The van der Waals surface area contributed by atoms with Crippen molar-refractivity contribution in [1.82, 2.24) is 15.0 Å². The molecule has 0 aromatic heterocycles. The molecule has 1 aromatic carbocycles. The normalized spacial score (nSPS) is 24.0. The highest BCUT2D eigenvalue weighted by Crippen LogP contribution is 2.32. The molecule has 1 saturated heterocycles. The van der Waals surface area contributed by atoms with Crippen molar-refractivity contribution < 1.29 is 31.9 Å². The van der Waals surface area contributed by atoms with E-state index >= 15 is 0 Å². The summed E-state index contributed by atoms with van der Waals surface area (Å²) in [5.74, 6) is 4.57. The molecule has 3 atom stereocenters. The third-order valence-electron chi connectivity index (χ3n) is 3.82. The Balaban J connectivity index is 2.18. The van der Waals surface area contributed by atoms with E-state index in [0.29, 0.717) is 5.56 Å². The van der Waals surface area contributed by atoms with Gasteiger partial charge in [0.05, 0.1) is 14.5 Å².